The van der Waals surface area contributed by atoms with E-state index in [1.54, 1.807) is 6.92 Å². The van der Waals surface area contributed by atoms with Crippen LogP contribution in [0, 0.1) is 0 Å². The van der Waals surface area contributed by atoms with Crippen molar-refractivity contribution in [2.24, 2.45) is 0 Å². The van der Waals surface area contributed by atoms with Gasteiger partial charge in [-0.15, -0.1) is 0 Å². The van der Waals surface area contributed by atoms with Crippen molar-refractivity contribution >= 4 is 33.2 Å². The quantitative estimate of drug-likeness (QED) is 0.874. The first-order chi connectivity index (χ1) is 7.86. The Balaban J connectivity index is 3.01. The van der Waals surface area contributed by atoms with Gasteiger partial charge in [0.05, 0.1) is 5.02 Å². The fourth-order valence-corrected chi connectivity index (χ4v) is 3.30. The lowest BCUT2D eigenvalue weighted by atomic mass is 10.3. The molecule has 0 amide bonds. The van der Waals surface area contributed by atoms with Gasteiger partial charge in [0, 0.05) is 17.7 Å². The van der Waals surface area contributed by atoms with Gasteiger partial charge in [-0.3, -0.25) is 0 Å². The Morgan fingerprint density at radius 3 is 2.65 bits per heavy atom. The molecule has 0 spiro atoms. The van der Waals surface area contributed by atoms with Crippen LogP contribution in [0.25, 0.3) is 0 Å². The molecule has 0 fully saturated rings. The average Bonchev–Trinajstić information content (AvgIpc) is 2.21. The summed E-state index contributed by atoms with van der Waals surface area (Å²) in [6, 6.07) is 3.85. The van der Waals surface area contributed by atoms with Gasteiger partial charge >= 0.3 is 0 Å². The molecular weight excluding hydrogens is 285 g/mol. The summed E-state index contributed by atoms with van der Waals surface area (Å²) >= 11 is 11.5. The molecule has 0 aliphatic carbocycles. The second kappa shape index (κ2) is 6.02. The normalized spacial score (nSPS) is 13.6. The second-order valence-electron chi connectivity index (χ2n) is 3.61. The van der Waals surface area contributed by atoms with Gasteiger partial charge in [0.25, 0.3) is 0 Å². The second-order valence-corrected chi connectivity index (χ2v) is 6.14. The molecule has 0 bridgehead atoms. The van der Waals surface area contributed by atoms with Crippen molar-refractivity contribution in [3.63, 3.8) is 0 Å². The van der Waals surface area contributed by atoms with Crippen molar-refractivity contribution < 1.29 is 13.5 Å². The molecule has 0 aliphatic rings. The molecule has 0 saturated heterocycles. The Morgan fingerprint density at radius 2 is 2.06 bits per heavy atom. The molecule has 0 heterocycles. The largest absolute Gasteiger partial charge is 0.396 e. The number of hydrogen-bond donors (Lipinski definition) is 2. The first-order valence-corrected chi connectivity index (χ1v) is 7.19. The van der Waals surface area contributed by atoms with Crippen molar-refractivity contribution in [1.29, 1.82) is 0 Å². The summed E-state index contributed by atoms with van der Waals surface area (Å²) in [5, 5.41) is 9.13. The molecular formula is C10H13Cl2NO3S. The van der Waals surface area contributed by atoms with E-state index in [2.05, 4.69) is 4.72 Å². The van der Waals surface area contributed by atoms with Crippen LogP contribution in [0.3, 0.4) is 0 Å². The maximum atomic E-state index is 12.0. The van der Waals surface area contributed by atoms with E-state index in [0.29, 0.717) is 11.4 Å². The number of nitrogens with one attached hydrogen (secondary N) is 1. The molecule has 1 atom stereocenters. The summed E-state index contributed by atoms with van der Waals surface area (Å²) in [7, 11) is -3.71. The fraction of sp³-hybridized carbons (Fsp3) is 0.400. The highest BCUT2D eigenvalue weighted by Crippen LogP contribution is 2.25. The predicted octanol–water partition coefficient (Wildman–Crippen LogP) is 2.04. The lowest BCUT2D eigenvalue weighted by Gasteiger charge is -2.13. The van der Waals surface area contributed by atoms with Gasteiger partial charge in [-0.2, -0.15) is 0 Å². The average molecular weight is 298 g/mol. The Kier molecular flexibility index (Phi) is 5.22. The number of hydrogen-bond acceptors (Lipinski definition) is 3. The first kappa shape index (κ1) is 14.7. The van der Waals surface area contributed by atoms with E-state index in [4.69, 9.17) is 28.3 Å². The standard InChI is InChI=1S/C10H13Cl2NO3S/c1-7(4-5-14)13-17(15,16)10-6-8(11)2-3-9(10)12/h2-3,6-7,13-14H,4-5H2,1H3. The third-order valence-corrected chi connectivity index (χ3v) is 4.41. The third-order valence-electron chi connectivity index (χ3n) is 2.10. The molecule has 1 aromatic rings. The van der Waals surface area contributed by atoms with Crippen LogP contribution in [0.2, 0.25) is 10.0 Å². The van der Waals surface area contributed by atoms with E-state index in [-0.39, 0.29) is 22.6 Å². The lowest BCUT2D eigenvalue weighted by molar-refractivity contribution is 0.275. The van der Waals surface area contributed by atoms with Crippen LogP contribution in [-0.2, 0) is 10.0 Å². The number of halogens is 2. The van der Waals surface area contributed by atoms with Crippen molar-refractivity contribution in [3.05, 3.63) is 28.2 Å². The van der Waals surface area contributed by atoms with E-state index in [1.165, 1.54) is 18.2 Å². The van der Waals surface area contributed by atoms with Crippen LogP contribution in [0.15, 0.2) is 23.1 Å². The molecule has 96 valence electrons. The van der Waals surface area contributed by atoms with Gasteiger partial charge in [-0.25, -0.2) is 13.1 Å². The van der Waals surface area contributed by atoms with Crippen molar-refractivity contribution in [2.45, 2.75) is 24.3 Å². The molecule has 0 aromatic heterocycles. The van der Waals surface area contributed by atoms with Gasteiger partial charge in [-0.1, -0.05) is 23.2 Å². The summed E-state index contributed by atoms with van der Waals surface area (Å²) in [5.74, 6) is 0. The summed E-state index contributed by atoms with van der Waals surface area (Å²) in [6.07, 6.45) is 0.331. The van der Waals surface area contributed by atoms with Gasteiger partial charge in [-0.05, 0) is 31.5 Å². The van der Waals surface area contributed by atoms with Crippen molar-refractivity contribution in [2.75, 3.05) is 6.61 Å². The lowest BCUT2D eigenvalue weighted by Crippen LogP contribution is -2.33. The zero-order chi connectivity index (χ0) is 13.1. The maximum Gasteiger partial charge on any atom is 0.242 e. The van der Waals surface area contributed by atoms with Crippen LogP contribution in [0.4, 0.5) is 0 Å². The highest BCUT2D eigenvalue weighted by molar-refractivity contribution is 7.89. The molecule has 1 unspecified atom stereocenters. The minimum absolute atomic E-state index is 0.0588. The van der Waals surface area contributed by atoms with E-state index in [1.807, 2.05) is 0 Å². The first-order valence-electron chi connectivity index (χ1n) is 4.95. The summed E-state index contributed by atoms with van der Waals surface area (Å²) < 4.78 is 26.3. The monoisotopic (exact) mass is 297 g/mol. The van der Waals surface area contributed by atoms with Crippen LogP contribution in [0.1, 0.15) is 13.3 Å². The highest BCUT2D eigenvalue weighted by Gasteiger charge is 2.20. The molecule has 4 nitrogen and oxygen atoms in total. The number of sulfonamides is 1. The minimum atomic E-state index is -3.71. The Morgan fingerprint density at radius 1 is 1.41 bits per heavy atom. The van der Waals surface area contributed by atoms with Crippen LogP contribution in [0.5, 0.6) is 0 Å². The SMILES string of the molecule is CC(CCO)NS(=O)(=O)c1cc(Cl)ccc1Cl. The van der Waals surface area contributed by atoms with E-state index >= 15 is 0 Å². The predicted molar refractivity (Wildman–Crippen MR) is 67.9 cm³/mol. The van der Waals surface area contributed by atoms with Crippen molar-refractivity contribution in [1.82, 2.24) is 4.72 Å². The Bertz CT molecular complexity index is 490. The molecule has 1 rings (SSSR count). The van der Waals surface area contributed by atoms with E-state index in [9.17, 15) is 8.42 Å². The van der Waals surface area contributed by atoms with E-state index in [0.717, 1.165) is 0 Å². The molecule has 7 heteroatoms. The smallest absolute Gasteiger partial charge is 0.242 e. The van der Waals surface area contributed by atoms with E-state index < -0.39 is 10.0 Å². The number of aliphatic hydroxyl groups is 1. The van der Waals surface area contributed by atoms with Gasteiger partial charge in [0.1, 0.15) is 4.90 Å². The maximum absolute atomic E-state index is 12.0. The molecule has 0 aliphatic heterocycles. The Hall–Kier alpha value is -0.330. The molecule has 0 radical (unpaired) electrons. The summed E-state index contributed by atoms with van der Waals surface area (Å²) in [6.45, 7) is 1.57. The molecule has 2 N–H and O–H groups in total. The molecule has 1 aromatic carbocycles. The number of aliphatic hydroxyl groups excluding tert-OH is 1. The topological polar surface area (TPSA) is 66.4 Å². The number of benzene rings is 1. The third kappa shape index (κ3) is 4.12. The van der Waals surface area contributed by atoms with Crippen LogP contribution < -0.4 is 4.72 Å². The van der Waals surface area contributed by atoms with Gasteiger partial charge in [0.15, 0.2) is 0 Å². The summed E-state index contributed by atoms with van der Waals surface area (Å²) in [5.41, 5.74) is 0. The van der Waals surface area contributed by atoms with Crippen molar-refractivity contribution in [3.8, 4) is 0 Å². The van der Waals surface area contributed by atoms with Gasteiger partial charge < -0.3 is 5.11 Å². The van der Waals surface area contributed by atoms with Crippen LogP contribution >= 0.6 is 23.2 Å². The van der Waals surface area contributed by atoms with Crippen LogP contribution in [-0.4, -0.2) is 26.2 Å². The summed E-state index contributed by atoms with van der Waals surface area (Å²) in [4.78, 5) is -0.0588. The fourth-order valence-electron chi connectivity index (χ4n) is 1.26. The zero-order valence-corrected chi connectivity index (χ0v) is 11.5. The highest BCUT2D eigenvalue weighted by atomic mass is 35.5. The molecule has 17 heavy (non-hydrogen) atoms. The van der Waals surface area contributed by atoms with Gasteiger partial charge in [0.2, 0.25) is 10.0 Å². The number of rotatable bonds is 5. The minimum Gasteiger partial charge on any atom is -0.396 e. The Labute approximate surface area is 111 Å². The molecule has 0 saturated carbocycles. The zero-order valence-electron chi connectivity index (χ0n) is 9.15.